The molecule has 2 N–H and O–H groups in total. The van der Waals surface area contributed by atoms with Crippen molar-refractivity contribution in [3.63, 3.8) is 0 Å². The highest BCUT2D eigenvalue weighted by atomic mass is 16.4. The van der Waals surface area contributed by atoms with E-state index in [4.69, 9.17) is 10.4 Å². The van der Waals surface area contributed by atoms with E-state index >= 15 is 0 Å². The SMILES string of the molecule is Cc1ccc(C(=O)O)cc1NC(C)c1cccc(C#N)c1. The van der Waals surface area contributed by atoms with Gasteiger partial charge < -0.3 is 10.4 Å². The van der Waals surface area contributed by atoms with E-state index in [0.717, 1.165) is 16.8 Å². The topological polar surface area (TPSA) is 73.1 Å². The molecule has 4 heteroatoms. The first-order valence-electron chi connectivity index (χ1n) is 6.62. The fourth-order valence-electron chi connectivity index (χ4n) is 2.10. The Labute approximate surface area is 123 Å². The van der Waals surface area contributed by atoms with Crippen molar-refractivity contribution in [3.8, 4) is 6.07 Å². The minimum atomic E-state index is -0.947. The predicted molar refractivity (Wildman–Crippen MR) is 81.3 cm³/mol. The maximum absolute atomic E-state index is 11.0. The molecule has 0 aliphatic carbocycles. The Morgan fingerprint density at radius 1 is 1.29 bits per heavy atom. The lowest BCUT2D eigenvalue weighted by Crippen LogP contribution is -2.09. The first kappa shape index (κ1) is 14.6. The lowest BCUT2D eigenvalue weighted by atomic mass is 10.0. The summed E-state index contributed by atoms with van der Waals surface area (Å²) in [6.45, 7) is 3.90. The second-order valence-electron chi connectivity index (χ2n) is 4.94. The summed E-state index contributed by atoms with van der Waals surface area (Å²) in [5, 5.41) is 21.3. The maximum atomic E-state index is 11.0. The number of aryl methyl sites for hydroxylation is 1. The van der Waals surface area contributed by atoms with Gasteiger partial charge in [-0.05, 0) is 49.2 Å². The molecule has 4 nitrogen and oxygen atoms in total. The Morgan fingerprint density at radius 3 is 2.71 bits per heavy atom. The molecule has 0 aliphatic rings. The molecular formula is C17H16N2O2. The average Bonchev–Trinajstić information content (AvgIpc) is 2.49. The predicted octanol–water partition coefficient (Wildman–Crippen LogP) is 3.74. The molecule has 0 aliphatic heterocycles. The van der Waals surface area contributed by atoms with Crippen LogP contribution in [0.15, 0.2) is 42.5 Å². The molecule has 0 fully saturated rings. The van der Waals surface area contributed by atoms with Gasteiger partial charge in [0.1, 0.15) is 0 Å². The van der Waals surface area contributed by atoms with Crippen LogP contribution in [0.4, 0.5) is 5.69 Å². The molecule has 0 bridgehead atoms. The third-order valence-corrected chi connectivity index (χ3v) is 3.37. The molecular weight excluding hydrogens is 264 g/mol. The summed E-state index contributed by atoms with van der Waals surface area (Å²) in [7, 11) is 0. The van der Waals surface area contributed by atoms with Crippen LogP contribution >= 0.6 is 0 Å². The summed E-state index contributed by atoms with van der Waals surface area (Å²) >= 11 is 0. The molecule has 0 heterocycles. The summed E-state index contributed by atoms with van der Waals surface area (Å²) in [6, 6.07) is 14.4. The molecule has 2 aromatic carbocycles. The number of anilines is 1. The number of hydrogen-bond acceptors (Lipinski definition) is 3. The lowest BCUT2D eigenvalue weighted by molar-refractivity contribution is 0.0697. The number of hydrogen-bond donors (Lipinski definition) is 2. The minimum Gasteiger partial charge on any atom is -0.478 e. The van der Waals surface area contributed by atoms with Crippen LogP contribution in [0.5, 0.6) is 0 Å². The molecule has 21 heavy (non-hydrogen) atoms. The number of carboxylic acid groups (broad SMARTS) is 1. The van der Waals surface area contributed by atoms with Gasteiger partial charge in [-0.3, -0.25) is 0 Å². The second kappa shape index (κ2) is 6.10. The van der Waals surface area contributed by atoms with Crippen molar-refractivity contribution in [2.45, 2.75) is 19.9 Å². The van der Waals surface area contributed by atoms with E-state index in [9.17, 15) is 4.79 Å². The number of nitriles is 1. The van der Waals surface area contributed by atoms with Crippen molar-refractivity contribution in [2.75, 3.05) is 5.32 Å². The molecule has 0 spiro atoms. The first-order valence-corrected chi connectivity index (χ1v) is 6.62. The normalized spacial score (nSPS) is 11.5. The van der Waals surface area contributed by atoms with Crippen molar-refractivity contribution in [3.05, 3.63) is 64.7 Å². The monoisotopic (exact) mass is 280 g/mol. The summed E-state index contributed by atoms with van der Waals surface area (Å²) in [6.07, 6.45) is 0. The Balaban J connectivity index is 2.26. The molecule has 106 valence electrons. The van der Waals surface area contributed by atoms with E-state index in [-0.39, 0.29) is 11.6 Å². The fourth-order valence-corrected chi connectivity index (χ4v) is 2.10. The van der Waals surface area contributed by atoms with Crippen molar-refractivity contribution in [1.29, 1.82) is 5.26 Å². The third-order valence-electron chi connectivity index (χ3n) is 3.37. The smallest absolute Gasteiger partial charge is 0.335 e. The molecule has 1 atom stereocenters. The molecule has 0 saturated carbocycles. The van der Waals surface area contributed by atoms with Crippen LogP contribution in [0.25, 0.3) is 0 Å². The van der Waals surface area contributed by atoms with Crippen LogP contribution in [0.1, 0.15) is 40.0 Å². The molecule has 2 rings (SSSR count). The van der Waals surface area contributed by atoms with E-state index in [1.165, 1.54) is 0 Å². The highest BCUT2D eigenvalue weighted by Gasteiger charge is 2.10. The molecule has 0 radical (unpaired) electrons. The zero-order valence-electron chi connectivity index (χ0n) is 11.9. The average molecular weight is 280 g/mol. The highest BCUT2D eigenvalue weighted by molar-refractivity contribution is 5.89. The van der Waals surface area contributed by atoms with Crippen molar-refractivity contribution in [1.82, 2.24) is 0 Å². The number of rotatable bonds is 4. The number of carbonyl (C=O) groups is 1. The van der Waals surface area contributed by atoms with Gasteiger partial charge in [0.05, 0.1) is 17.2 Å². The fraction of sp³-hybridized carbons (Fsp3) is 0.176. The van der Waals surface area contributed by atoms with Crippen LogP contribution < -0.4 is 5.32 Å². The Kier molecular flexibility index (Phi) is 4.24. The lowest BCUT2D eigenvalue weighted by Gasteiger charge is -2.18. The van der Waals surface area contributed by atoms with Gasteiger partial charge in [0, 0.05) is 11.7 Å². The van der Waals surface area contributed by atoms with E-state index in [1.54, 1.807) is 24.3 Å². The van der Waals surface area contributed by atoms with Gasteiger partial charge in [0.15, 0.2) is 0 Å². The quantitative estimate of drug-likeness (QED) is 0.894. The largest absolute Gasteiger partial charge is 0.478 e. The molecule has 0 amide bonds. The highest BCUT2D eigenvalue weighted by Crippen LogP contribution is 2.24. The van der Waals surface area contributed by atoms with E-state index in [1.807, 2.05) is 32.0 Å². The first-order chi connectivity index (χ1) is 10.0. The van der Waals surface area contributed by atoms with Crippen molar-refractivity contribution < 1.29 is 9.90 Å². The van der Waals surface area contributed by atoms with Gasteiger partial charge in [0.2, 0.25) is 0 Å². The molecule has 0 saturated heterocycles. The number of nitrogens with one attached hydrogen (secondary N) is 1. The summed E-state index contributed by atoms with van der Waals surface area (Å²) < 4.78 is 0. The van der Waals surface area contributed by atoms with Gasteiger partial charge in [0.25, 0.3) is 0 Å². The van der Waals surface area contributed by atoms with Crippen molar-refractivity contribution >= 4 is 11.7 Å². The van der Waals surface area contributed by atoms with Crippen LogP contribution in [0.2, 0.25) is 0 Å². The standard InChI is InChI=1S/C17H16N2O2/c1-11-6-7-15(17(20)21)9-16(11)19-12(2)14-5-3-4-13(8-14)10-18/h3-9,12,19H,1-2H3,(H,20,21). The van der Waals surface area contributed by atoms with Crippen LogP contribution in [-0.2, 0) is 0 Å². The van der Waals surface area contributed by atoms with Gasteiger partial charge in [-0.2, -0.15) is 5.26 Å². The molecule has 0 aromatic heterocycles. The third kappa shape index (κ3) is 3.40. The minimum absolute atomic E-state index is 0.0268. The summed E-state index contributed by atoms with van der Waals surface area (Å²) in [4.78, 5) is 11.0. The van der Waals surface area contributed by atoms with Crippen LogP contribution in [-0.4, -0.2) is 11.1 Å². The van der Waals surface area contributed by atoms with Gasteiger partial charge in [-0.25, -0.2) is 4.79 Å². The van der Waals surface area contributed by atoms with E-state index in [0.29, 0.717) is 5.56 Å². The van der Waals surface area contributed by atoms with Gasteiger partial charge >= 0.3 is 5.97 Å². The second-order valence-corrected chi connectivity index (χ2v) is 4.94. The Bertz CT molecular complexity index is 717. The zero-order valence-corrected chi connectivity index (χ0v) is 11.9. The Hall–Kier alpha value is -2.80. The number of aromatic carboxylic acids is 1. The number of benzene rings is 2. The summed E-state index contributed by atoms with van der Waals surface area (Å²) in [5.41, 5.74) is 3.60. The zero-order chi connectivity index (χ0) is 15.4. The van der Waals surface area contributed by atoms with Crippen molar-refractivity contribution in [2.24, 2.45) is 0 Å². The summed E-state index contributed by atoms with van der Waals surface area (Å²) in [5.74, 6) is -0.947. The number of carboxylic acids is 1. The van der Waals surface area contributed by atoms with Gasteiger partial charge in [-0.1, -0.05) is 18.2 Å². The molecule has 2 aromatic rings. The maximum Gasteiger partial charge on any atom is 0.335 e. The Morgan fingerprint density at radius 2 is 2.05 bits per heavy atom. The van der Waals surface area contributed by atoms with Crippen LogP contribution in [0.3, 0.4) is 0 Å². The van der Waals surface area contributed by atoms with E-state index < -0.39 is 5.97 Å². The van der Waals surface area contributed by atoms with Gasteiger partial charge in [-0.15, -0.1) is 0 Å². The molecule has 1 unspecified atom stereocenters. The van der Waals surface area contributed by atoms with Crippen LogP contribution in [0, 0.1) is 18.3 Å². The van der Waals surface area contributed by atoms with E-state index in [2.05, 4.69) is 11.4 Å². The number of nitrogens with zero attached hydrogens (tertiary/aromatic N) is 1.